The van der Waals surface area contributed by atoms with E-state index in [1.54, 1.807) is 18.5 Å². The molecular weight excluding hydrogens is 246 g/mol. The molecule has 0 aliphatic rings. The van der Waals surface area contributed by atoms with Gasteiger partial charge in [-0.15, -0.1) is 0 Å². The third kappa shape index (κ3) is 3.28. The van der Waals surface area contributed by atoms with Crippen molar-refractivity contribution >= 4 is 15.4 Å². The maximum Gasteiger partial charge on any atom is 0.169 e. The second-order valence-corrected chi connectivity index (χ2v) is 5.86. The third-order valence-corrected chi connectivity index (χ3v) is 3.05. The van der Waals surface area contributed by atoms with Crippen molar-refractivity contribution in [3.63, 3.8) is 0 Å². The molecule has 0 saturated carbocycles. The zero-order chi connectivity index (χ0) is 13.0. The van der Waals surface area contributed by atoms with E-state index in [0.29, 0.717) is 5.57 Å². The quantitative estimate of drug-likeness (QED) is 0.851. The molecule has 0 aliphatic carbocycles. The van der Waals surface area contributed by atoms with Gasteiger partial charge in [0.25, 0.3) is 0 Å². The van der Waals surface area contributed by atoms with E-state index in [0.717, 1.165) is 11.1 Å². The molecule has 0 aliphatic heterocycles. The fourth-order valence-electron chi connectivity index (χ4n) is 1.66. The van der Waals surface area contributed by atoms with Crippen LogP contribution < -0.4 is 0 Å². The average molecular weight is 259 g/mol. The summed E-state index contributed by atoms with van der Waals surface area (Å²) >= 11 is 0. The summed E-state index contributed by atoms with van der Waals surface area (Å²) in [6, 6.07) is 13.0. The minimum atomic E-state index is -3.21. The normalized spacial score (nSPS) is 12.4. The van der Waals surface area contributed by atoms with Crippen molar-refractivity contribution in [3.8, 4) is 0 Å². The summed E-state index contributed by atoms with van der Waals surface area (Å²) in [6.07, 6.45) is 4.50. The highest BCUT2D eigenvalue weighted by atomic mass is 32.2. The van der Waals surface area contributed by atoms with Gasteiger partial charge in [-0.25, -0.2) is 8.42 Å². The highest BCUT2D eigenvalue weighted by Crippen LogP contribution is 2.23. The van der Waals surface area contributed by atoms with Crippen LogP contribution in [0.3, 0.4) is 0 Å². The standard InChI is InChI=1S/C14H13NO2S/c1-18(16,17)11-14(12-6-3-2-4-7-12)13-8-5-9-15-10-13/h2-11H,1H3/b14-11-. The van der Waals surface area contributed by atoms with E-state index in [1.807, 2.05) is 36.4 Å². The van der Waals surface area contributed by atoms with Crippen LogP contribution in [0.25, 0.3) is 5.57 Å². The molecule has 0 spiro atoms. The summed E-state index contributed by atoms with van der Waals surface area (Å²) in [5.41, 5.74) is 2.30. The SMILES string of the molecule is CS(=O)(=O)/C=C(/c1ccccc1)c1cccnc1. The van der Waals surface area contributed by atoms with Crippen LogP contribution >= 0.6 is 0 Å². The summed E-state index contributed by atoms with van der Waals surface area (Å²) in [4.78, 5) is 4.03. The second kappa shape index (κ2) is 5.14. The molecule has 1 aromatic heterocycles. The van der Waals surface area contributed by atoms with E-state index in [1.165, 1.54) is 11.7 Å². The van der Waals surface area contributed by atoms with Crippen molar-refractivity contribution in [2.75, 3.05) is 6.26 Å². The first kappa shape index (κ1) is 12.5. The Hall–Kier alpha value is -1.94. The van der Waals surface area contributed by atoms with E-state index >= 15 is 0 Å². The van der Waals surface area contributed by atoms with E-state index in [4.69, 9.17) is 0 Å². The summed E-state index contributed by atoms with van der Waals surface area (Å²) in [5, 5.41) is 1.28. The van der Waals surface area contributed by atoms with Crippen LogP contribution in [0.4, 0.5) is 0 Å². The van der Waals surface area contributed by atoms with Gasteiger partial charge in [-0.1, -0.05) is 36.4 Å². The molecule has 0 radical (unpaired) electrons. The number of hydrogen-bond acceptors (Lipinski definition) is 3. The van der Waals surface area contributed by atoms with Gasteiger partial charge in [0.05, 0.1) is 0 Å². The summed E-state index contributed by atoms with van der Waals surface area (Å²) in [5.74, 6) is 0. The van der Waals surface area contributed by atoms with Gasteiger partial charge in [-0.2, -0.15) is 0 Å². The molecule has 0 saturated heterocycles. The first-order valence-electron chi connectivity index (χ1n) is 5.44. The molecule has 18 heavy (non-hydrogen) atoms. The van der Waals surface area contributed by atoms with Gasteiger partial charge in [0, 0.05) is 35.2 Å². The monoisotopic (exact) mass is 259 g/mol. The van der Waals surface area contributed by atoms with Crippen LogP contribution in [-0.4, -0.2) is 19.7 Å². The van der Waals surface area contributed by atoms with Crippen LogP contribution in [0.2, 0.25) is 0 Å². The number of rotatable bonds is 3. The van der Waals surface area contributed by atoms with Crippen molar-refractivity contribution in [3.05, 3.63) is 71.4 Å². The van der Waals surface area contributed by atoms with E-state index < -0.39 is 9.84 Å². The second-order valence-electron chi connectivity index (χ2n) is 3.97. The van der Waals surface area contributed by atoms with Gasteiger partial charge in [0.1, 0.15) is 0 Å². The van der Waals surface area contributed by atoms with E-state index in [2.05, 4.69) is 4.98 Å². The maximum absolute atomic E-state index is 11.5. The van der Waals surface area contributed by atoms with Crippen LogP contribution in [0.5, 0.6) is 0 Å². The zero-order valence-corrected chi connectivity index (χ0v) is 10.8. The Morgan fingerprint density at radius 1 is 1.06 bits per heavy atom. The lowest BCUT2D eigenvalue weighted by molar-refractivity contribution is 0.610. The van der Waals surface area contributed by atoms with Gasteiger partial charge in [-0.05, 0) is 11.6 Å². The summed E-state index contributed by atoms with van der Waals surface area (Å²) in [7, 11) is -3.21. The molecule has 4 heteroatoms. The van der Waals surface area contributed by atoms with Gasteiger partial charge < -0.3 is 0 Å². The van der Waals surface area contributed by atoms with Crippen LogP contribution in [0.1, 0.15) is 11.1 Å². The predicted molar refractivity (Wildman–Crippen MR) is 72.6 cm³/mol. The van der Waals surface area contributed by atoms with Crippen LogP contribution in [0.15, 0.2) is 60.3 Å². The first-order chi connectivity index (χ1) is 8.56. The number of sulfone groups is 1. The Bertz CT molecular complexity index is 605. The Kier molecular flexibility index (Phi) is 3.58. The highest BCUT2D eigenvalue weighted by molar-refractivity contribution is 7.93. The molecule has 0 unspecified atom stereocenters. The Labute approximate surface area is 107 Å². The lowest BCUT2D eigenvalue weighted by Crippen LogP contribution is -1.95. The topological polar surface area (TPSA) is 47.0 Å². The first-order valence-corrected chi connectivity index (χ1v) is 7.39. The number of pyridine rings is 1. The van der Waals surface area contributed by atoms with Gasteiger partial charge in [-0.3, -0.25) is 4.98 Å². The molecular formula is C14H13NO2S. The molecule has 0 amide bonds. The molecule has 0 N–H and O–H groups in total. The number of hydrogen-bond donors (Lipinski definition) is 0. The molecule has 2 rings (SSSR count). The van der Waals surface area contributed by atoms with Gasteiger partial charge in [0.2, 0.25) is 0 Å². The highest BCUT2D eigenvalue weighted by Gasteiger charge is 2.08. The minimum Gasteiger partial charge on any atom is -0.264 e. The fourth-order valence-corrected chi connectivity index (χ4v) is 2.36. The molecule has 1 heterocycles. The van der Waals surface area contributed by atoms with Crippen molar-refractivity contribution < 1.29 is 8.42 Å². The largest absolute Gasteiger partial charge is 0.264 e. The average Bonchev–Trinajstić information content (AvgIpc) is 2.37. The van der Waals surface area contributed by atoms with E-state index in [-0.39, 0.29) is 0 Å². The molecule has 3 nitrogen and oxygen atoms in total. The van der Waals surface area contributed by atoms with Crippen molar-refractivity contribution in [2.24, 2.45) is 0 Å². The third-order valence-electron chi connectivity index (χ3n) is 2.39. The fraction of sp³-hybridized carbons (Fsp3) is 0.0714. The molecule has 92 valence electrons. The number of benzene rings is 1. The predicted octanol–water partition coefficient (Wildman–Crippen LogP) is 2.52. The smallest absolute Gasteiger partial charge is 0.169 e. The van der Waals surface area contributed by atoms with Crippen LogP contribution in [-0.2, 0) is 9.84 Å². The van der Waals surface area contributed by atoms with E-state index in [9.17, 15) is 8.42 Å². The maximum atomic E-state index is 11.5. The van der Waals surface area contributed by atoms with Crippen molar-refractivity contribution in [1.82, 2.24) is 4.98 Å². The summed E-state index contributed by atoms with van der Waals surface area (Å²) in [6.45, 7) is 0. The molecule has 0 atom stereocenters. The number of aromatic nitrogens is 1. The lowest BCUT2D eigenvalue weighted by atomic mass is 10.0. The van der Waals surface area contributed by atoms with Gasteiger partial charge in [0.15, 0.2) is 9.84 Å². The van der Waals surface area contributed by atoms with Crippen molar-refractivity contribution in [2.45, 2.75) is 0 Å². The molecule has 0 fully saturated rings. The summed E-state index contributed by atoms with van der Waals surface area (Å²) < 4.78 is 23.0. The molecule has 0 bridgehead atoms. The minimum absolute atomic E-state index is 0.659. The van der Waals surface area contributed by atoms with Crippen molar-refractivity contribution in [1.29, 1.82) is 0 Å². The Morgan fingerprint density at radius 2 is 1.72 bits per heavy atom. The van der Waals surface area contributed by atoms with Crippen LogP contribution in [0, 0.1) is 0 Å². The number of nitrogens with zero attached hydrogens (tertiary/aromatic N) is 1. The van der Waals surface area contributed by atoms with Gasteiger partial charge >= 0.3 is 0 Å². The zero-order valence-electron chi connectivity index (χ0n) is 9.95. The molecule has 2 aromatic rings. The Balaban J connectivity index is 2.60. The molecule has 1 aromatic carbocycles. The Morgan fingerprint density at radius 3 is 2.28 bits per heavy atom. The lowest BCUT2D eigenvalue weighted by Gasteiger charge is -2.07.